The maximum atomic E-state index is 5.71. The van der Waals surface area contributed by atoms with E-state index in [-0.39, 0.29) is 12.7 Å². The molecule has 62 valence electrons. The zero-order chi connectivity index (χ0) is 8.39. The average molecular weight is 182 g/mol. The lowest BCUT2D eigenvalue weighted by molar-refractivity contribution is 0.323. The molecule has 0 saturated carbocycles. The van der Waals surface area contributed by atoms with Gasteiger partial charge in [0.15, 0.2) is 0 Å². The second kappa shape index (κ2) is 3.48. The summed E-state index contributed by atoms with van der Waals surface area (Å²) in [6.45, 7) is 0.459. The van der Waals surface area contributed by atoms with E-state index in [1.807, 2.05) is 30.3 Å². The number of hydrogen-bond acceptors (Lipinski definition) is 2. The normalized spacial score (nSPS) is 23.1. The van der Waals surface area contributed by atoms with Gasteiger partial charge in [-0.3, -0.25) is 0 Å². The van der Waals surface area contributed by atoms with Gasteiger partial charge in [0.2, 0.25) is 0 Å². The van der Waals surface area contributed by atoms with Gasteiger partial charge in [0.1, 0.15) is 5.56 Å². The number of hydrogen-bond donors (Lipinski definition) is 0. The van der Waals surface area contributed by atoms with E-state index in [1.54, 1.807) is 0 Å². The van der Waals surface area contributed by atoms with Crippen LogP contribution in [0.4, 0.5) is 0 Å². The molecular formula is C8H8BClO2. The molecule has 12 heavy (non-hydrogen) atoms. The number of halogens is 1. The fourth-order valence-corrected chi connectivity index (χ4v) is 1.33. The molecular weight excluding hydrogens is 174 g/mol. The zero-order valence-electron chi connectivity index (χ0n) is 6.44. The van der Waals surface area contributed by atoms with Crippen LogP contribution in [0.2, 0.25) is 0 Å². The van der Waals surface area contributed by atoms with Crippen LogP contribution in [0.5, 0.6) is 0 Å². The second-order valence-corrected chi connectivity index (χ2v) is 3.11. The van der Waals surface area contributed by atoms with Crippen molar-refractivity contribution in [3.8, 4) is 0 Å². The molecule has 0 aliphatic carbocycles. The van der Waals surface area contributed by atoms with Gasteiger partial charge in [0, 0.05) is 0 Å². The van der Waals surface area contributed by atoms with Crippen molar-refractivity contribution in [1.29, 1.82) is 0 Å². The SMILES string of the molecule is ClC1COB(c2ccccc2)O1. The number of rotatable bonds is 1. The lowest BCUT2D eigenvalue weighted by atomic mass is 9.80. The molecule has 0 amide bonds. The van der Waals surface area contributed by atoms with E-state index in [0.29, 0.717) is 6.61 Å². The standard InChI is InChI=1S/C8H8BClO2/c10-8-6-11-9(12-8)7-4-2-1-3-5-7/h1-5,8H,6H2. The Morgan fingerprint density at radius 3 is 2.67 bits per heavy atom. The molecule has 1 unspecified atom stereocenters. The third-order valence-electron chi connectivity index (χ3n) is 1.72. The summed E-state index contributed by atoms with van der Waals surface area (Å²) >= 11 is 5.71. The first kappa shape index (κ1) is 8.11. The van der Waals surface area contributed by atoms with Crippen molar-refractivity contribution in [3.05, 3.63) is 30.3 Å². The highest BCUT2D eigenvalue weighted by molar-refractivity contribution is 6.62. The van der Waals surface area contributed by atoms with Gasteiger partial charge in [-0.25, -0.2) is 0 Å². The fraction of sp³-hybridized carbons (Fsp3) is 0.250. The molecule has 0 bridgehead atoms. The zero-order valence-corrected chi connectivity index (χ0v) is 7.20. The van der Waals surface area contributed by atoms with Crippen LogP contribution in [0.15, 0.2) is 30.3 Å². The molecule has 4 heteroatoms. The Hall–Kier alpha value is -0.505. The molecule has 1 atom stereocenters. The Balaban J connectivity index is 2.11. The lowest BCUT2D eigenvalue weighted by Crippen LogP contribution is -2.31. The third kappa shape index (κ3) is 1.63. The molecule has 1 heterocycles. The monoisotopic (exact) mass is 182 g/mol. The number of benzene rings is 1. The fourth-order valence-electron chi connectivity index (χ4n) is 1.16. The first-order chi connectivity index (χ1) is 5.86. The van der Waals surface area contributed by atoms with E-state index in [1.165, 1.54) is 0 Å². The van der Waals surface area contributed by atoms with E-state index in [0.717, 1.165) is 5.46 Å². The summed E-state index contributed by atoms with van der Waals surface area (Å²) in [5, 5.41) is 0. The highest BCUT2D eigenvalue weighted by atomic mass is 35.5. The molecule has 1 aliphatic heterocycles. The molecule has 1 fully saturated rings. The van der Waals surface area contributed by atoms with Gasteiger partial charge in [-0.2, -0.15) is 0 Å². The van der Waals surface area contributed by atoms with E-state index in [9.17, 15) is 0 Å². The molecule has 0 spiro atoms. The average Bonchev–Trinajstić information content (AvgIpc) is 2.54. The van der Waals surface area contributed by atoms with Crippen LogP contribution in [-0.2, 0) is 9.31 Å². The molecule has 0 N–H and O–H groups in total. The van der Waals surface area contributed by atoms with Gasteiger partial charge in [-0.05, 0) is 5.46 Å². The Morgan fingerprint density at radius 1 is 1.33 bits per heavy atom. The predicted molar refractivity (Wildman–Crippen MR) is 48.5 cm³/mol. The van der Waals surface area contributed by atoms with Gasteiger partial charge >= 0.3 is 7.12 Å². The van der Waals surface area contributed by atoms with Gasteiger partial charge in [0.05, 0.1) is 6.61 Å². The lowest BCUT2D eigenvalue weighted by Gasteiger charge is -2.02. The summed E-state index contributed by atoms with van der Waals surface area (Å²) in [6, 6.07) is 9.77. The molecule has 0 radical (unpaired) electrons. The first-order valence-electron chi connectivity index (χ1n) is 3.82. The summed E-state index contributed by atoms with van der Waals surface area (Å²) < 4.78 is 10.6. The maximum absolute atomic E-state index is 5.71. The molecule has 0 aromatic heterocycles. The van der Waals surface area contributed by atoms with Crippen molar-refractivity contribution in [2.75, 3.05) is 6.61 Å². The third-order valence-corrected chi connectivity index (χ3v) is 1.95. The van der Waals surface area contributed by atoms with Crippen LogP contribution >= 0.6 is 11.6 Å². The highest BCUT2D eigenvalue weighted by Crippen LogP contribution is 2.11. The summed E-state index contributed by atoms with van der Waals surface area (Å²) in [5.41, 5.74) is 0.704. The second-order valence-electron chi connectivity index (χ2n) is 2.62. The number of alkyl halides is 1. The van der Waals surface area contributed by atoms with Gasteiger partial charge in [0.25, 0.3) is 0 Å². The minimum absolute atomic E-state index is 0.284. The smallest absolute Gasteiger partial charge is 0.403 e. The topological polar surface area (TPSA) is 18.5 Å². The summed E-state index contributed by atoms with van der Waals surface area (Å²) in [5.74, 6) is 0. The van der Waals surface area contributed by atoms with Crippen molar-refractivity contribution in [2.24, 2.45) is 0 Å². The molecule has 1 aromatic carbocycles. The molecule has 2 rings (SSSR count). The Bertz CT molecular complexity index is 254. The summed E-state index contributed by atoms with van der Waals surface area (Å²) in [6.07, 6.45) is 0. The van der Waals surface area contributed by atoms with Gasteiger partial charge in [-0.1, -0.05) is 41.9 Å². The van der Waals surface area contributed by atoms with Crippen LogP contribution in [0, 0.1) is 0 Å². The molecule has 1 saturated heterocycles. The predicted octanol–water partition coefficient (Wildman–Crippen LogP) is 0.994. The largest absolute Gasteiger partial charge is 0.495 e. The van der Waals surface area contributed by atoms with Crippen LogP contribution < -0.4 is 5.46 Å². The highest BCUT2D eigenvalue weighted by Gasteiger charge is 2.31. The van der Waals surface area contributed by atoms with E-state index in [4.69, 9.17) is 20.9 Å². The van der Waals surface area contributed by atoms with Crippen molar-refractivity contribution in [2.45, 2.75) is 5.56 Å². The van der Waals surface area contributed by atoms with Crippen molar-refractivity contribution >= 4 is 24.2 Å². The van der Waals surface area contributed by atoms with E-state index >= 15 is 0 Å². The first-order valence-corrected chi connectivity index (χ1v) is 4.26. The summed E-state index contributed by atoms with van der Waals surface area (Å²) in [4.78, 5) is 0. The Morgan fingerprint density at radius 2 is 2.08 bits per heavy atom. The minimum Gasteiger partial charge on any atom is -0.403 e. The van der Waals surface area contributed by atoms with Gasteiger partial charge < -0.3 is 9.31 Å². The van der Waals surface area contributed by atoms with Crippen molar-refractivity contribution < 1.29 is 9.31 Å². The van der Waals surface area contributed by atoms with Crippen molar-refractivity contribution in [1.82, 2.24) is 0 Å². The van der Waals surface area contributed by atoms with Crippen LogP contribution in [0.1, 0.15) is 0 Å². The summed E-state index contributed by atoms with van der Waals surface area (Å²) in [7, 11) is -0.284. The Kier molecular flexibility index (Phi) is 2.35. The molecule has 2 nitrogen and oxygen atoms in total. The van der Waals surface area contributed by atoms with Crippen LogP contribution in [0.25, 0.3) is 0 Å². The molecule has 1 aromatic rings. The van der Waals surface area contributed by atoms with Gasteiger partial charge in [-0.15, -0.1) is 0 Å². The minimum atomic E-state index is -0.310. The van der Waals surface area contributed by atoms with Crippen LogP contribution in [0.3, 0.4) is 0 Å². The quantitative estimate of drug-likeness (QED) is 0.476. The van der Waals surface area contributed by atoms with E-state index < -0.39 is 0 Å². The maximum Gasteiger partial charge on any atom is 0.495 e. The van der Waals surface area contributed by atoms with Crippen LogP contribution in [-0.4, -0.2) is 19.3 Å². The molecule has 1 aliphatic rings. The van der Waals surface area contributed by atoms with E-state index in [2.05, 4.69) is 0 Å². The van der Waals surface area contributed by atoms with Crippen molar-refractivity contribution in [3.63, 3.8) is 0 Å². The Labute approximate surface area is 76.6 Å².